The highest BCUT2D eigenvalue weighted by Gasteiger charge is 2.25. The first-order valence-corrected chi connectivity index (χ1v) is 8.93. The van der Waals surface area contributed by atoms with Crippen LogP contribution >= 0.6 is 0 Å². The zero-order valence-electron chi connectivity index (χ0n) is 16.1. The van der Waals surface area contributed by atoms with E-state index in [2.05, 4.69) is 0 Å². The van der Waals surface area contributed by atoms with Crippen molar-refractivity contribution in [1.82, 2.24) is 9.80 Å². The molecule has 150 valence electrons. The highest BCUT2D eigenvalue weighted by Crippen LogP contribution is 2.28. The van der Waals surface area contributed by atoms with Gasteiger partial charge in [-0.15, -0.1) is 0 Å². The highest BCUT2D eigenvalue weighted by molar-refractivity contribution is 5.76. The minimum absolute atomic E-state index is 0.0485. The summed E-state index contributed by atoms with van der Waals surface area (Å²) in [7, 11) is 4.90. The normalized spacial score (nSPS) is 17.0. The number of aryl methyl sites for hydroxylation is 1. The molecule has 0 bridgehead atoms. The predicted octanol–water partition coefficient (Wildman–Crippen LogP) is 0.880. The van der Waals surface area contributed by atoms with Crippen molar-refractivity contribution in [3.63, 3.8) is 0 Å². The second kappa shape index (κ2) is 10.1. The maximum Gasteiger partial charge on any atom is 0.317 e. The van der Waals surface area contributed by atoms with Gasteiger partial charge in [0, 0.05) is 26.1 Å². The summed E-state index contributed by atoms with van der Waals surface area (Å²) >= 11 is 0. The summed E-state index contributed by atoms with van der Waals surface area (Å²) < 4.78 is 16.2. The molecule has 1 fully saturated rings. The van der Waals surface area contributed by atoms with E-state index in [0.29, 0.717) is 50.6 Å². The van der Waals surface area contributed by atoms with Gasteiger partial charge in [-0.05, 0) is 31.2 Å². The molecule has 1 amide bonds. The van der Waals surface area contributed by atoms with Gasteiger partial charge in [-0.2, -0.15) is 0 Å². The number of carbonyl (C=O) groups is 2. The molecule has 2 rings (SSSR count). The minimum Gasteiger partial charge on any atom is -0.493 e. The Hall–Kier alpha value is -2.32. The Kier molecular flexibility index (Phi) is 7.87. The van der Waals surface area contributed by atoms with Gasteiger partial charge in [0.15, 0.2) is 11.5 Å². The quantitative estimate of drug-likeness (QED) is 0.680. The molecule has 0 aliphatic carbocycles. The zero-order valence-corrected chi connectivity index (χ0v) is 16.1. The van der Waals surface area contributed by atoms with Crippen molar-refractivity contribution in [1.29, 1.82) is 0 Å². The van der Waals surface area contributed by atoms with Crippen LogP contribution < -0.4 is 9.47 Å². The number of rotatable bonds is 9. The van der Waals surface area contributed by atoms with Gasteiger partial charge in [-0.25, -0.2) is 0 Å². The third-order valence-electron chi connectivity index (χ3n) is 4.49. The molecule has 1 atom stereocenters. The van der Waals surface area contributed by atoms with Crippen LogP contribution in [0.25, 0.3) is 0 Å². The standard InChI is InChI=1S/C19H28N2O6/c1-20(13-19(23)24)11-15-12-21(8-9-27-15)18(22)7-5-14-4-6-16(25-2)17(10-14)26-3/h4,6,10,15H,5,7-9,11-13H2,1-3H3,(H,23,24). The van der Waals surface area contributed by atoms with Crippen molar-refractivity contribution in [3.05, 3.63) is 23.8 Å². The van der Waals surface area contributed by atoms with Gasteiger partial charge in [0.25, 0.3) is 0 Å². The fourth-order valence-corrected chi connectivity index (χ4v) is 3.14. The maximum absolute atomic E-state index is 12.6. The van der Waals surface area contributed by atoms with E-state index in [4.69, 9.17) is 19.3 Å². The second-order valence-corrected chi connectivity index (χ2v) is 6.61. The zero-order chi connectivity index (χ0) is 19.8. The largest absolute Gasteiger partial charge is 0.493 e. The Bertz CT molecular complexity index is 651. The number of hydrogen-bond donors (Lipinski definition) is 1. The smallest absolute Gasteiger partial charge is 0.317 e. The molecular formula is C19H28N2O6. The molecule has 1 aromatic carbocycles. The van der Waals surface area contributed by atoms with Gasteiger partial charge in [0.05, 0.1) is 33.5 Å². The molecule has 1 saturated heterocycles. The van der Waals surface area contributed by atoms with E-state index in [0.717, 1.165) is 5.56 Å². The summed E-state index contributed by atoms with van der Waals surface area (Å²) in [6.45, 7) is 1.94. The molecule has 0 radical (unpaired) electrons. The number of hydrogen-bond acceptors (Lipinski definition) is 6. The van der Waals surface area contributed by atoms with Crippen LogP contribution in [0.2, 0.25) is 0 Å². The van der Waals surface area contributed by atoms with Crippen LogP contribution in [0.4, 0.5) is 0 Å². The van der Waals surface area contributed by atoms with Crippen molar-refractivity contribution in [2.45, 2.75) is 18.9 Å². The number of carboxylic acids is 1. The molecule has 1 N–H and O–H groups in total. The van der Waals surface area contributed by atoms with Crippen molar-refractivity contribution < 1.29 is 28.9 Å². The molecule has 1 aliphatic heterocycles. The Morgan fingerprint density at radius 3 is 2.70 bits per heavy atom. The number of amides is 1. The van der Waals surface area contributed by atoms with Gasteiger partial charge in [-0.1, -0.05) is 6.07 Å². The lowest BCUT2D eigenvalue weighted by Crippen LogP contribution is -2.49. The van der Waals surface area contributed by atoms with Gasteiger partial charge in [0.1, 0.15) is 0 Å². The van der Waals surface area contributed by atoms with Crippen molar-refractivity contribution in [3.8, 4) is 11.5 Å². The van der Waals surface area contributed by atoms with E-state index in [1.807, 2.05) is 18.2 Å². The van der Waals surface area contributed by atoms with Crippen LogP contribution in [-0.4, -0.2) is 86.9 Å². The lowest BCUT2D eigenvalue weighted by atomic mass is 10.1. The topological polar surface area (TPSA) is 88.5 Å². The molecule has 0 saturated carbocycles. The average molecular weight is 380 g/mol. The molecule has 1 heterocycles. The fraction of sp³-hybridized carbons (Fsp3) is 0.579. The van der Waals surface area contributed by atoms with E-state index in [9.17, 15) is 9.59 Å². The Morgan fingerprint density at radius 2 is 2.04 bits per heavy atom. The van der Waals surface area contributed by atoms with Gasteiger partial charge in [0.2, 0.25) is 5.91 Å². The molecule has 27 heavy (non-hydrogen) atoms. The summed E-state index contributed by atoms with van der Waals surface area (Å²) in [6, 6.07) is 5.65. The van der Waals surface area contributed by atoms with Crippen LogP contribution in [0.1, 0.15) is 12.0 Å². The van der Waals surface area contributed by atoms with Gasteiger partial charge >= 0.3 is 5.97 Å². The molecule has 0 spiro atoms. The molecular weight excluding hydrogens is 352 g/mol. The summed E-state index contributed by atoms with van der Waals surface area (Å²) in [6.07, 6.45) is 0.834. The number of ether oxygens (including phenoxy) is 3. The highest BCUT2D eigenvalue weighted by atomic mass is 16.5. The summed E-state index contributed by atoms with van der Waals surface area (Å²) in [5.41, 5.74) is 1.01. The van der Waals surface area contributed by atoms with Crippen LogP contribution in [0, 0.1) is 0 Å². The van der Waals surface area contributed by atoms with Crippen LogP contribution in [0.5, 0.6) is 11.5 Å². The minimum atomic E-state index is -0.879. The lowest BCUT2D eigenvalue weighted by Gasteiger charge is -2.34. The second-order valence-electron chi connectivity index (χ2n) is 6.61. The van der Waals surface area contributed by atoms with E-state index in [-0.39, 0.29) is 18.6 Å². The van der Waals surface area contributed by atoms with E-state index >= 15 is 0 Å². The van der Waals surface area contributed by atoms with Crippen LogP contribution in [0.3, 0.4) is 0 Å². The van der Waals surface area contributed by atoms with E-state index < -0.39 is 5.97 Å². The number of methoxy groups -OCH3 is 2. The number of benzene rings is 1. The van der Waals surface area contributed by atoms with Gasteiger partial charge in [-0.3, -0.25) is 14.5 Å². The molecule has 8 heteroatoms. The Morgan fingerprint density at radius 1 is 1.30 bits per heavy atom. The monoisotopic (exact) mass is 380 g/mol. The van der Waals surface area contributed by atoms with Crippen molar-refractivity contribution >= 4 is 11.9 Å². The number of nitrogens with zero attached hydrogens (tertiary/aromatic N) is 2. The van der Waals surface area contributed by atoms with Crippen LogP contribution in [-0.2, 0) is 20.7 Å². The third-order valence-corrected chi connectivity index (χ3v) is 4.49. The number of aliphatic carboxylic acids is 1. The predicted molar refractivity (Wildman–Crippen MR) is 99.3 cm³/mol. The maximum atomic E-state index is 12.6. The lowest BCUT2D eigenvalue weighted by molar-refractivity contribution is -0.142. The fourth-order valence-electron chi connectivity index (χ4n) is 3.14. The summed E-state index contributed by atoms with van der Waals surface area (Å²) in [4.78, 5) is 26.8. The van der Waals surface area contributed by atoms with Crippen molar-refractivity contribution in [2.75, 3.05) is 54.1 Å². The first-order valence-electron chi connectivity index (χ1n) is 8.93. The summed E-state index contributed by atoms with van der Waals surface area (Å²) in [5.74, 6) is 0.500. The van der Waals surface area contributed by atoms with E-state index in [1.165, 1.54) is 0 Å². The third kappa shape index (κ3) is 6.41. The Labute approximate surface area is 159 Å². The van der Waals surface area contributed by atoms with Gasteiger partial charge < -0.3 is 24.2 Å². The number of carbonyl (C=O) groups excluding carboxylic acids is 1. The SMILES string of the molecule is COc1ccc(CCC(=O)N2CCOC(CN(C)CC(=O)O)C2)cc1OC. The first-order chi connectivity index (χ1) is 12.9. The molecule has 0 aromatic heterocycles. The average Bonchev–Trinajstić information content (AvgIpc) is 2.65. The number of morpholine rings is 1. The van der Waals surface area contributed by atoms with Crippen molar-refractivity contribution in [2.24, 2.45) is 0 Å². The molecule has 8 nitrogen and oxygen atoms in total. The molecule has 1 aliphatic rings. The molecule has 1 aromatic rings. The Balaban J connectivity index is 1.85. The first kappa shape index (κ1) is 21.0. The molecule has 1 unspecified atom stereocenters. The number of carboxylic acid groups (broad SMARTS) is 1. The summed E-state index contributed by atoms with van der Waals surface area (Å²) in [5, 5.41) is 8.84. The number of likely N-dealkylation sites (N-methyl/N-ethyl adjacent to an activating group) is 1. The van der Waals surface area contributed by atoms with E-state index in [1.54, 1.807) is 31.1 Å². The van der Waals surface area contributed by atoms with Crippen LogP contribution in [0.15, 0.2) is 18.2 Å².